The molecule has 1 saturated heterocycles. The Balaban J connectivity index is 1.54. The number of sulfonamides is 1. The average Bonchev–Trinajstić information content (AvgIpc) is 2.73. The summed E-state index contributed by atoms with van der Waals surface area (Å²) in [6.07, 6.45) is 2.91. The summed E-state index contributed by atoms with van der Waals surface area (Å²) in [6.45, 7) is 0.974. The van der Waals surface area contributed by atoms with E-state index >= 15 is 0 Å². The molecular formula is C20H23FN2O3S2. The molecule has 1 heterocycles. The molecule has 1 fully saturated rings. The third-order valence-electron chi connectivity index (χ3n) is 4.90. The zero-order chi connectivity index (χ0) is 20.1. The van der Waals surface area contributed by atoms with E-state index < -0.39 is 10.0 Å². The molecule has 0 bridgehead atoms. The Labute approximate surface area is 169 Å². The van der Waals surface area contributed by atoms with Gasteiger partial charge in [-0.3, -0.25) is 4.79 Å². The molecule has 1 aliphatic rings. The van der Waals surface area contributed by atoms with E-state index in [2.05, 4.69) is 5.32 Å². The fraction of sp³-hybridized carbons (Fsp3) is 0.350. The van der Waals surface area contributed by atoms with Crippen LogP contribution in [0, 0.1) is 11.7 Å². The van der Waals surface area contributed by atoms with Crippen molar-refractivity contribution in [1.29, 1.82) is 0 Å². The van der Waals surface area contributed by atoms with Crippen molar-refractivity contribution in [2.24, 2.45) is 5.92 Å². The van der Waals surface area contributed by atoms with Crippen molar-refractivity contribution in [3.05, 3.63) is 59.9 Å². The molecule has 0 spiro atoms. The van der Waals surface area contributed by atoms with Gasteiger partial charge in [-0.25, -0.2) is 12.8 Å². The van der Waals surface area contributed by atoms with E-state index in [4.69, 9.17) is 0 Å². The fourth-order valence-electron chi connectivity index (χ4n) is 3.19. The zero-order valence-electron chi connectivity index (χ0n) is 15.6. The van der Waals surface area contributed by atoms with Crippen LogP contribution in [-0.2, 0) is 21.4 Å². The quantitative estimate of drug-likeness (QED) is 0.726. The number of thioether (sulfide) groups is 1. The van der Waals surface area contributed by atoms with Crippen LogP contribution in [0.2, 0.25) is 0 Å². The molecule has 5 nitrogen and oxygen atoms in total. The molecule has 3 rings (SSSR count). The lowest BCUT2D eigenvalue weighted by molar-refractivity contribution is -0.126. The normalized spacial score (nSPS) is 16.1. The number of carbonyl (C=O) groups excluding carboxylic acids is 1. The Hall–Kier alpha value is -1.90. The number of hydrogen-bond acceptors (Lipinski definition) is 4. The molecule has 28 heavy (non-hydrogen) atoms. The summed E-state index contributed by atoms with van der Waals surface area (Å²) in [5, 5.41) is 2.85. The highest BCUT2D eigenvalue weighted by Crippen LogP contribution is 2.25. The molecule has 0 saturated carbocycles. The van der Waals surface area contributed by atoms with Gasteiger partial charge in [0.05, 0.1) is 4.90 Å². The molecular weight excluding hydrogens is 399 g/mol. The van der Waals surface area contributed by atoms with E-state index in [-0.39, 0.29) is 22.5 Å². The molecule has 0 radical (unpaired) electrons. The van der Waals surface area contributed by atoms with E-state index in [1.54, 1.807) is 48.2 Å². The number of rotatable bonds is 6. The second-order valence-corrected chi connectivity index (χ2v) is 9.52. The standard InChI is InChI=1S/C20H23FN2O3S2/c1-27-18-6-8-19(9-7-18)28(25,26)23-12-10-16(11-13-23)20(24)22-14-15-2-4-17(21)5-3-15/h2-9,16H,10-14H2,1H3,(H,22,24). The Kier molecular flexibility index (Phi) is 6.74. The summed E-state index contributed by atoms with van der Waals surface area (Å²) in [7, 11) is -3.54. The van der Waals surface area contributed by atoms with Crippen molar-refractivity contribution < 1.29 is 17.6 Å². The second kappa shape index (κ2) is 9.07. The molecule has 150 valence electrons. The van der Waals surface area contributed by atoms with Crippen LogP contribution < -0.4 is 5.32 Å². The van der Waals surface area contributed by atoms with Gasteiger partial charge in [0, 0.05) is 30.4 Å². The molecule has 1 N–H and O–H groups in total. The molecule has 1 amide bonds. The number of halogens is 1. The summed E-state index contributed by atoms with van der Waals surface area (Å²) in [4.78, 5) is 13.7. The lowest BCUT2D eigenvalue weighted by Gasteiger charge is -2.30. The molecule has 2 aromatic rings. The highest BCUT2D eigenvalue weighted by Gasteiger charge is 2.31. The van der Waals surface area contributed by atoms with Gasteiger partial charge in [0.15, 0.2) is 0 Å². The maximum atomic E-state index is 12.9. The highest BCUT2D eigenvalue weighted by atomic mass is 32.2. The number of nitrogens with zero attached hydrogens (tertiary/aromatic N) is 1. The Morgan fingerprint density at radius 2 is 1.71 bits per heavy atom. The van der Waals surface area contributed by atoms with E-state index in [0.29, 0.717) is 32.5 Å². The van der Waals surface area contributed by atoms with Crippen LogP contribution in [0.5, 0.6) is 0 Å². The van der Waals surface area contributed by atoms with Crippen molar-refractivity contribution in [3.8, 4) is 0 Å². The van der Waals surface area contributed by atoms with Gasteiger partial charge in [-0.05, 0) is 61.1 Å². The number of piperidine rings is 1. The SMILES string of the molecule is CSc1ccc(S(=O)(=O)N2CCC(C(=O)NCc3ccc(F)cc3)CC2)cc1. The molecule has 0 atom stereocenters. The minimum atomic E-state index is -3.54. The van der Waals surface area contributed by atoms with Gasteiger partial charge in [0.2, 0.25) is 15.9 Å². The van der Waals surface area contributed by atoms with Crippen molar-refractivity contribution >= 4 is 27.7 Å². The van der Waals surface area contributed by atoms with Crippen LogP contribution in [0.25, 0.3) is 0 Å². The van der Waals surface area contributed by atoms with Crippen LogP contribution in [0.1, 0.15) is 18.4 Å². The van der Waals surface area contributed by atoms with Crippen LogP contribution in [0.3, 0.4) is 0 Å². The minimum absolute atomic E-state index is 0.0919. The molecule has 0 aromatic heterocycles. The van der Waals surface area contributed by atoms with E-state index in [0.717, 1.165) is 10.5 Å². The van der Waals surface area contributed by atoms with Crippen molar-refractivity contribution in [2.45, 2.75) is 29.2 Å². The fourth-order valence-corrected chi connectivity index (χ4v) is 5.07. The number of amides is 1. The van der Waals surface area contributed by atoms with E-state index in [1.807, 2.05) is 6.26 Å². The van der Waals surface area contributed by atoms with Gasteiger partial charge in [-0.1, -0.05) is 12.1 Å². The molecule has 0 aliphatic carbocycles. The highest BCUT2D eigenvalue weighted by molar-refractivity contribution is 7.98. The molecule has 1 aliphatic heterocycles. The van der Waals surface area contributed by atoms with Crippen molar-refractivity contribution in [3.63, 3.8) is 0 Å². The van der Waals surface area contributed by atoms with Crippen LogP contribution in [0.15, 0.2) is 58.3 Å². The first-order valence-electron chi connectivity index (χ1n) is 9.06. The Bertz CT molecular complexity index is 907. The van der Waals surface area contributed by atoms with Crippen LogP contribution in [-0.4, -0.2) is 38.0 Å². The lowest BCUT2D eigenvalue weighted by Crippen LogP contribution is -2.42. The van der Waals surface area contributed by atoms with Crippen molar-refractivity contribution in [2.75, 3.05) is 19.3 Å². The predicted molar refractivity (Wildman–Crippen MR) is 108 cm³/mol. The summed E-state index contributed by atoms with van der Waals surface area (Å²) in [5.41, 5.74) is 0.823. The van der Waals surface area contributed by atoms with Gasteiger partial charge >= 0.3 is 0 Å². The Morgan fingerprint density at radius 3 is 2.29 bits per heavy atom. The van der Waals surface area contributed by atoms with Crippen molar-refractivity contribution in [1.82, 2.24) is 9.62 Å². The summed E-state index contributed by atoms with van der Waals surface area (Å²) >= 11 is 1.56. The predicted octanol–water partition coefficient (Wildman–Crippen LogP) is 3.26. The maximum Gasteiger partial charge on any atom is 0.243 e. The van der Waals surface area contributed by atoms with Gasteiger partial charge in [0.1, 0.15) is 5.82 Å². The summed E-state index contributed by atoms with van der Waals surface area (Å²) in [6, 6.07) is 12.8. The number of carbonyl (C=O) groups is 1. The Morgan fingerprint density at radius 1 is 1.11 bits per heavy atom. The van der Waals surface area contributed by atoms with Crippen LogP contribution in [0.4, 0.5) is 4.39 Å². The molecule has 8 heteroatoms. The van der Waals surface area contributed by atoms with Gasteiger partial charge in [-0.2, -0.15) is 4.31 Å². The molecule has 2 aromatic carbocycles. The zero-order valence-corrected chi connectivity index (χ0v) is 17.2. The first kappa shape index (κ1) is 20.8. The number of nitrogens with one attached hydrogen (secondary N) is 1. The monoisotopic (exact) mass is 422 g/mol. The summed E-state index contributed by atoms with van der Waals surface area (Å²) < 4.78 is 40.0. The minimum Gasteiger partial charge on any atom is -0.352 e. The van der Waals surface area contributed by atoms with Gasteiger partial charge in [-0.15, -0.1) is 11.8 Å². The maximum absolute atomic E-state index is 12.9. The topological polar surface area (TPSA) is 66.5 Å². The number of hydrogen-bond donors (Lipinski definition) is 1. The van der Waals surface area contributed by atoms with E-state index in [9.17, 15) is 17.6 Å². The van der Waals surface area contributed by atoms with Gasteiger partial charge in [0.25, 0.3) is 0 Å². The number of benzene rings is 2. The van der Waals surface area contributed by atoms with Gasteiger partial charge < -0.3 is 5.32 Å². The first-order chi connectivity index (χ1) is 13.4. The van der Waals surface area contributed by atoms with E-state index in [1.165, 1.54) is 16.4 Å². The van der Waals surface area contributed by atoms with Crippen LogP contribution >= 0.6 is 11.8 Å². The molecule has 0 unspecified atom stereocenters. The second-order valence-electron chi connectivity index (χ2n) is 6.70. The largest absolute Gasteiger partial charge is 0.352 e. The average molecular weight is 423 g/mol. The smallest absolute Gasteiger partial charge is 0.243 e. The lowest BCUT2D eigenvalue weighted by atomic mass is 9.97. The summed E-state index contributed by atoms with van der Waals surface area (Å²) in [5.74, 6) is -0.622. The first-order valence-corrected chi connectivity index (χ1v) is 11.7. The third-order valence-corrected chi connectivity index (χ3v) is 7.56. The third kappa shape index (κ3) is 4.92.